The molecule has 0 fully saturated rings. The highest BCUT2D eigenvalue weighted by molar-refractivity contribution is 7.46. The van der Waals surface area contributed by atoms with Crippen LogP contribution < -0.4 is 0 Å². The topological polar surface area (TPSA) is 124 Å². The first kappa shape index (κ1) is 11.7. The molecular weight excluding hydrogens is 192 g/mol. The Kier molecular flexibility index (Phi) is 4.54. The van der Waals surface area contributed by atoms with Crippen LogP contribution in [0.2, 0.25) is 0 Å². The molecule has 0 rings (SSSR count). The van der Waals surface area contributed by atoms with Gasteiger partial charge >= 0.3 is 7.82 Å². The summed E-state index contributed by atoms with van der Waals surface area (Å²) >= 11 is 0. The third kappa shape index (κ3) is 5.36. The van der Waals surface area contributed by atoms with Gasteiger partial charge in [-0.1, -0.05) is 0 Å². The Hall–Kier alpha value is -0.300. The summed E-state index contributed by atoms with van der Waals surface area (Å²) in [6.07, 6.45) is -3.29. The molecule has 8 heteroatoms. The fourth-order valence-electron chi connectivity index (χ4n) is 0.363. The number of rotatable bonds is 5. The van der Waals surface area contributed by atoms with Gasteiger partial charge in [-0.15, -0.1) is 0 Å². The van der Waals surface area contributed by atoms with Gasteiger partial charge in [0.25, 0.3) is 0 Å². The Morgan fingerprint density at radius 1 is 1.42 bits per heavy atom. The van der Waals surface area contributed by atoms with Crippen molar-refractivity contribution in [3.63, 3.8) is 0 Å². The van der Waals surface area contributed by atoms with Crippen LogP contribution in [0.25, 0.3) is 0 Å². The second-order valence-electron chi connectivity index (χ2n) is 1.98. The van der Waals surface area contributed by atoms with E-state index in [-0.39, 0.29) is 6.29 Å². The van der Waals surface area contributed by atoms with Gasteiger partial charge in [0.1, 0.15) is 12.2 Å². The standard InChI is InChI=1S/C4H9O7P/c5-1-3(6)4(7)2-11-12(8,9)10/h1,3-4,6-7H,2H2,(H2,8,9,10)/t3-,4+/m0/s1/i4+1. The van der Waals surface area contributed by atoms with Gasteiger partial charge < -0.3 is 24.8 Å². The lowest BCUT2D eigenvalue weighted by molar-refractivity contribution is -0.121. The van der Waals surface area contributed by atoms with Crippen LogP contribution in [0.1, 0.15) is 0 Å². The van der Waals surface area contributed by atoms with Crippen LogP contribution in [0.4, 0.5) is 0 Å². The second-order valence-corrected chi connectivity index (χ2v) is 3.22. The Balaban J connectivity index is 3.79. The van der Waals surface area contributed by atoms with Crippen LogP contribution >= 0.6 is 7.82 Å². The molecule has 0 saturated heterocycles. The first-order valence-corrected chi connectivity index (χ1v) is 4.41. The first-order chi connectivity index (χ1) is 5.37. The van der Waals surface area contributed by atoms with Crippen LogP contribution in [0.3, 0.4) is 0 Å². The number of phosphoric ester groups is 1. The van der Waals surface area contributed by atoms with Gasteiger partial charge in [-0.05, 0) is 0 Å². The molecule has 0 radical (unpaired) electrons. The molecule has 0 aliphatic rings. The third-order valence-corrected chi connectivity index (χ3v) is 1.43. The molecule has 0 amide bonds. The Bertz CT molecular complexity index is 186. The fourth-order valence-corrected chi connectivity index (χ4v) is 0.710. The minimum Gasteiger partial charge on any atom is -0.388 e. The maximum Gasteiger partial charge on any atom is 0.469 e. The molecule has 0 spiro atoms. The minimum absolute atomic E-state index is 0.0354. The molecule has 12 heavy (non-hydrogen) atoms. The summed E-state index contributed by atoms with van der Waals surface area (Å²) in [5.41, 5.74) is 0. The zero-order chi connectivity index (χ0) is 9.78. The molecule has 0 unspecified atom stereocenters. The Morgan fingerprint density at radius 3 is 2.25 bits per heavy atom. The molecule has 0 aromatic carbocycles. The molecule has 72 valence electrons. The lowest BCUT2D eigenvalue weighted by Gasteiger charge is -2.12. The van der Waals surface area contributed by atoms with E-state index in [1.54, 1.807) is 0 Å². The zero-order valence-electron chi connectivity index (χ0n) is 5.90. The number of carbonyl (C=O) groups is 1. The first-order valence-electron chi connectivity index (χ1n) is 2.88. The molecule has 4 N–H and O–H groups in total. The van der Waals surface area contributed by atoms with Crippen molar-refractivity contribution in [1.82, 2.24) is 0 Å². The number of aliphatic hydroxyl groups excluding tert-OH is 2. The van der Waals surface area contributed by atoms with E-state index >= 15 is 0 Å². The van der Waals surface area contributed by atoms with Crippen LogP contribution in [0.15, 0.2) is 0 Å². The van der Waals surface area contributed by atoms with Gasteiger partial charge in [0.05, 0.1) is 6.61 Å². The SMILES string of the molecule is O=C[C@H](O)[13C@H](O)COP(=O)(O)O. The van der Waals surface area contributed by atoms with Crippen molar-refractivity contribution in [2.75, 3.05) is 6.61 Å². The van der Waals surface area contributed by atoms with Crippen molar-refractivity contribution in [3.8, 4) is 0 Å². The molecule has 0 heterocycles. The monoisotopic (exact) mass is 201 g/mol. The minimum atomic E-state index is -4.66. The Morgan fingerprint density at radius 2 is 1.92 bits per heavy atom. The van der Waals surface area contributed by atoms with Gasteiger partial charge in [-0.2, -0.15) is 0 Å². The molecule has 0 aliphatic heterocycles. The number of aldehydes is 1. The van der Waals surface area contributed by atoms with E-state index in [2.05, 4.69) is 4.52 Å². The number of aliphatic hydroxyl groups is 2. The number of hydrogen-bond donors (Lipinski definition) is 4. The average molecular weight is 201 g/mol. The Labute approximate surface area is 67.8 Å². The largest absolute Gasteiger partial charge is 0.469 e. The maximum absolute atomic E-state index is 10.0. The van der Waals surface area contributed by atoms with Crippen molar-refractivity contribution in [1.29, 1.82) is 0 Å². The molecule has 7 nitrogen and oxygen atoms in total. The number of carbonyl (C=O) groups excluding carboxylic acids is 1. The van der Waals surface area contributed by atoms with Gasteiger partial charge in [-0.25, -0.2) is 4.57 Å². The van der Waals surface area contributed by atoms with Gasteiger partial charge in [-0.3, -0.25) is 4.52 Å². The fraction of sp³-hybridized carbons (Fsp3) is 0.750. The van der Waals surface area contributed by atoms with E-state index < -0.39 is 26.6 Å². The third-order valence-electron chi connectivity index (χ3n) is 0.947. The van der Waals surface area contributed by atoms with Crippen LogP contribution in [-0.2, 0) is 13.9 Å². The van der Waals surface area contributed by atoms with Gasteiger partial charge in [0.15, 0.2) is 6.29 Å². The lowest BCUT2D eigenvalue weighted by atomic mass is 10.5. The summed E-state index contributed by atoms with van der Waals surface area (Å²) in [5, 5.41) is 17.3. The van der Waals surface area contributed by atoms with E-state index in [0.717, 1.165) is 0 Å². The van der Waals surface area contributed by atoms with Crippen LogP contribution in [0, 0.1) is 0 Å². The highest BCUT2D eigenvalue weighted by Crippen LogP contribution is 2.35. The molecule has 0 aromatic heterocycles. The highest BCUT2D eigenvalue weighted by atomic mass is 31.2. The highest BCUT2D eigenvalue weighted by Gasteiger charge is 2.21. The van der Waals surface area contributed by atoms with Crippen molar-refractivity contribution < 1.29 is 33.9 Å². The molecule has 2 atom stereocenters. The summed E-state index contributed by atoms with van der Waals surface area (Å²) in [5.74, 6) is 0. The van der Waals surface area contributed by atoms with Crippen molar-refractivity contribution in [2.24, 2.45) is 0 Å². The van der Waals surface area contributed by atoms with E-state index in [1.807, 2.05) is 0 Å². The molecule has 0 aliphatic carbocycles. The summed E-state index contributed by atoms with van der Waals surface area (Å²) in [6, 6.07) is 0. The smallest absolute Gasteiger partial charge is 0.388 e. The van der Waals surface area contributed by atoms with E-state index in [1.165, 1.54) is 0 Å². The quantitative estimate of drug-likeness (QED) is 0.230. The van der Waals surface area contributed by atoms with Gasteiger partial charge in [0, 0.05) is 0 Å². The van der Waals surface area contributed by atoms with E-state index in [9.17, 15) is 9.36 Å². The van der Waals surface area contributed by atoms with Crippen LogP contribution in [-0.4, -0.2) is 45.1 Å². The summed E-state index contributed by atoms with van der Waals surface area (Å²) < 4.78 is 13.8. The summed E-state index contributed by atoms with van der Waals surface area (Å²) in [4.78, 5) is 26.1. The van der Waals surface area contributed by atoms with Gasteiger partial charge in [0.2, 0.25) is 0 Å². The molecule has 0 bridgehead atoms. The van der Waals surface area contributed by atoms with E-state index in [4.69, 9.17) is 20.0 Å². The second kappa shape index (κ2) is 4.66. The van der Waals surface area contributed by atoms with E-state index in [0.29, 0.717) is 0 Å². The average Bonchev–Trinajstić information content (AvgIpc) is 1.97. The number of hydrogen-bond acceptors (Lipinski definition) is 5. The van der Waals surface area contributed by atoms with Crippen molar-refractivity contribution >= 4 is 14.1 Å². The lowest BCUT2D eigenvalue weighted by Crippen LogP contribution is -2.31. The van der Waals surface area contributed by atoms with Crippen LogP contribution in [0.5, 0.6) is 0 Å². The predicted octanol–water partition coefficient (Wildman–Crippen LogP) is -1.98. The summed E-state index contributed by atoms with van der Waals surface area (Å²) in [6.45, 7) is -0.801. The van der Waals surface area contributed by atoms with Crippen molar-refractivity contribution in [2.45, 2.75) is 12.2 Å². The molecule has 0 aromatic rings. The molecule has 0 saturated carbocycles. The number of phosphoric acid groups is 1. The summed E-state index contributed by atoms with van der Waals surface area (Å²) in [7, 11) is -4.66. The normalized spacial score (nSPS) is 17.0. The molecular formula is C4H9O7P. The zero-order valence-corrected chi connectivity index (χ0v) is 6.79. The predicted molar refractivity (Wildman–Crippen MR) is 36.1 cm³/mol. The maximum atomic E-state index is 10.0. The van der Waals surface area contributed by atoms with Crippen molar-refractivity contribution in [3.05, 3.63) is 0 Å².